The van der Waals surface area contributed by atoms with E-state index in [9.17, 15) is 8.42 Å². The third-order valence-corrected chi connectivity index (χ3v) is 2.02. The number of hydrogen-bond donors (Lipinski definition) is 1. The van der Waals surface area contributed by atoms with Crippen molar-refractivity contribution in [1.82, 2.24) is 4.31 Å². The number of rotatable bonds is 3. The molecule has 0 unspecified atom stereocenters. The van der Waals surface area contributed by atoms with Crippen molar-refractivity contribution in [3.05, 3.63) is 0 Å². The van der Waals surface area contributed by atoms with E-state index in [0.717, 1.165) is 4.31 Å². The third kappa shape index (κ3) is 3.40. The van der Waals surface area contributed by atoms with Gasteiger partial charge in [-0.2, -0.15) is 18.0 Å². The van der Waals surface area contributed by atoms with E-state index < -0.39 is 10.2 Å². The van der Waals surface area contributed by atoms with Crippen LogP contribution in [0, 0.1) is 11.3 Å². The quantitative estimate of drug-likeness (QED) is 0.581. The maximum absolute atomic E-state index is 10.4. The first-order valence-corrected chi connectivity index (χ1v) is 4.10. The molecule has 0 aliphatic carbocycles. The fourth-order valence-corrected chi connectivity index (χ4v) is 0.680. The molecular formula is C4H9N3O2S. The molecule has 0 aliphatic heterocycles. The summed E-state index contributed by atoms with van der Waals surface area (Å²) in [6, 6.07) is 1.81. The molecule has 5 nitrogen and oxygen atoms in total. The second-order valence-corrected chi connectivity index (χ2v) is 3.43. The Morgan fingerprint density at radius 1 is 1.70 bits per heavy atom. The predicted octanol–water partition coefficient (Wildman–Crippen LogP) is -0.965. The Labute approximate surface area is 60.2 Å². The van der Waals surface area contributed by atoms with E-state index in [1.165, 1.54) is 7.05 Å². The Kier molecular flexibility index (Phi) is 3.28. The lowest BCUT2D eigenvalue weighted by atomic mass is 10.5. The zero-order valence-corrected chi connectivity index (χ0v) is 6.43. The van der Waals surface area contributed by atoms with Gasteiger partial charge in [0.25, 0.3) is 10.2 Å². The van der Waals surface area contributed by atoms with Crippen LogP contribution in [-0.2, 0) is 10.2 Å². The molecule has 0 aliphatic rings. The minimum Gasteiger partial charge on any atom is -0.216 e. The first-order valence-electron chi connectivity index (χ1n) is 2.59. The van der Waals surface area contributed by atoms with E-state index >= 15 is 0 Å². The minimum atomic E-state index is -3.59. The minimum absolute atomic E-state index is 0.148. The molecule has 0 atom stereocenters. The smallest absolute Gasteiger partial charge is 0.216 e. The summed E-state index contributed by atoms with van der Waals surface area (Å²) in [6.07, 6.45) is 0.160. The van der Waals surface area contributed by atoms with Crippen molar-refractivity contribution in [2.45, 2.75) is 6.42 Å². The lowest BCUT2D eigenvalue weighted by Gasteiger charge is -2.09. The van der Waals surface area contributed by atoms with Gasteiger partial charge in [0.05, 0.1) is 6.07 Å². The zero-order valence-electron chi connectivity index (χ0n) is 5.61. The molecule has 0 saturated carbocycles. The van der Waals surface area contributed by atoms with Crippen molar-refractivity contribution in [3.63, 3.8) is 0 Å². The molecule has 0 heterocycles. The second-order valence-electron chi connectivity index (χ2n) is 1.77. The fraction of sp³-hybridized carbons (Fsp3) is 0.750. The van der Waals surface area contributed by atoms with Crippen LogP contribution in [0.15, 0.2) is 0 Å². The molecule has 10 heavy (non-hydrogen) atoms. The normalized spacial score (nSPS) is 11.4. The van der Waals surface area contributed by atoms with Crippen LogP contribution < -0.4 is 5.14 Å². The maximum Gasteiger partial charge on any atom is 0.276 e. The number of hydrogen-bond acceptors (Lipinski definition) is 3. The Morgan fingerprint density at radius 2 is 2.20 bits per heavy atom. The van der Waals surface area contributed by atoms with Gasteiger partial charge < -0.3 is 0 Å². The van der Waals surface area contributed by atoms with Gasteiger partial charge in [-0.1, -0.05) is 0 Å². The van der Waals surface area contributed by atoms with Gasteiger partial charge in [-0.3, -0.25) is 0 Å². The summed E-state index contributed by atoms with van der Waals surface area (Å²) in [4.78, 5) is 0. The zero-order chi connectivity index (χ0) is 8.20. The maximum atomic E-state index is 10.4. The molecule has 0 aromatic heterocycles. The van der Waals surface area contributed by atoms with Gasteiger partial charge in [-0.25, -0.2) is 5.14 Å². The summed E-state index contributed by atoms with van der Waals surface area (Å²) in [7, 11) is -2.27. The first-order chi connectivity index (χ1) is 4.48. The van der Waals surface area contributed by atoms with Crippen molar-refractivity contribution in [3.8, 4) is 6.07 Å². The van der Waals surface area contributed by atoms with Gasteiger partial charge in [-0.05, 0) is 0 Å². The van der Waals surface area contributed by atoms with Gasteiger partial charge in [-0.15, -0.1) is 0 Å². The molecule has 6 heteroatoms. The summed E-state index contributed by atoms with van der Waals surface area (Å²) in [5, 5.41) is 12.8. The van der Waals surface area contributed by atoms with Crippen molar-refractivity contribution in [2.75, 3.05) is 13.6 Å². The molecular weight excluding hydrogens is 154 g/mol. The molecule has 0 bridgehead atoms. The summed E-state index contributed by atoms with van der Waals surface area (Å²) in [5.41, 5.74) is 0. The monoisotopic (exact) mass is 163 g/mol. The van der Waals surface area contributed by atoms with Gasteiger partial charge in [0.1, 0.15) is 0 Å². The van der Waals surface area contributed by atoms with Crippen molar-refractivity contribution < 1.29 is 8.42 Å². The molecule has 0 rings (SSSR count). The average molecular weight is 163 g/mol. The van der Waals surface area contributed by atoms with Crippen LogP contribution in [0.2, 0.25) is 0 Å². The number of nitrogens with zero attached hydrogens (tertiary/aromatic N) is 2. The van der Waals surface area contributed by atoms with Crippen molar-refractivity contribution in [1.29, 1.82) is 5.26 Å². The fourth-order valence-electron chi connectivity index (χ4n) is 0.335. The molecule has 0 radical (unpaired) electrons. The van der Waals surface area contributed by atoms with Crippen LogP contribution in [0.1, 0.15) is 6.42 Å². The first kappa shape index (κ1) is 9.36. The van der Waals surface area contributed by atoms with Crippen LogP contribution >= 0.6 is 0 Å². The van der Waals surface area contributed by atoms with E-state index in [1.807, 2.05) is 6.07 Å². The van der Waals surface area contributed by atoms with E-state index in [-0.39, 0.29) is 13.0 Å². The lowest BCUT2D eigenvalue weighted by Crippen LogP contribution is -2.33. The molecule has 0 aromatic carbocycles. The number of nitrogens with two attached hydrogens (primary N) is 1. The average Bonchev–Trinajstić information content (AvgIpc) is 1.80. The van der Waals surface area contributed by atoms with Crippen molar-refractivity contribution >= 4 is 10.2 Å². The molecule has 0 saturated heterocycles. The van der Waals surface area contributed by atoms with Crippen LogP contribution in [0.25, 0.3) is 0 Å². The highest BCUT2D eigenvalue weighted by molar-refractivity contribution is 7.86. The topological polar surface area (TPSA) is 87.2 Å². The highest BCUT2D eigenvalue weighted by Gasteiger charge is 2.09. The van der Waals surface area contributed by atoms with Gasteiger partial charge in [0.2, 0.25) is 0 Å². The Balaban J connectivity index is 3.90. The van der Waals surface area contributed by atoms with Crippen molar-refractivity contribution in [2.24, 2.45) is 5.14 Å². The van der Waals surface area contributed by atoms with E-state index in [4.69, 9.17) is 10.4 Å². The summed E-state index contributed by atoms with van der Waals surface area (Å²) < 4.78 is 21.8. The Hall–Kier alpha value is -0.640. The predicted molar refractivity (Wildman–Crippen MR) is 36.0 cm³/mol. The molecule has 0 spiro atoms. The molecule has 2 N–H and O–H groups in total. The van der Waals surface area contributed by atoms with E-state index in [2.05, 4.69) is 0 Å². The largest absolute Gasteiger partial charge is 0.276 e. The van der Waals surface area contributed by atoms with E-state index in [0.29, 0.717) is 0 Å². The highest BCUT2D eigenvalue weighted by atomic mass is 32.2. The van der Waals surface area contributed by atoms with Crippen LogP contribution in [0.3, 0.4) is 0 Å². The van der Waals surface area contributed by atoms with Crippen LogP contribution in [0.5, 0.6) is 0 Å². The SMILES string of the molecule is CN(CCC#N)S(N)(=O)=O. The molecule has 0 fully saturated rings. The Morgan fingerprint density at radius 3 is 2.50 bits per heavy atom. The summed E-state index contributed by atoms with van der Waals surface area (Å²) in [6.45, 7) is 0.148. The lowest BCUT2D eigenvalue weighted by molar-refractivity contribution is 0.478. The summed E-state index contributed by atoms with van der Waals surface area (Å²) >= 11 is 0. The molecule has 0 aromatic rings. The van der Waals surface area contributed by atoms with Gasteiger partial charge >= 0.3 is 0 Å². The van der Waals surface area contributed by atoms with E-state index in [1.54, 1.807) is 0 Å². The van der Waals surface area contributed by atoms with Gasteiger partial charge in [0, 0.05) is 20.0 Å². The number of nitriles is 1. The molecule has 0 amide bonds. The van der Waals surface area contributed by atoms with Crippen LogP contribution in [0.4, 0.5) is 0 Å². The Bertz CT molecular complexity index is 227. The second kappa shape index (κ2) is 3.51. The van der Waals surface area contributed by atoms with Gasteiger partial charge in [0.15, 0.2) is 0 Å². The highest BCUT2D eigenvalue weighted by Crippen LogP contribution is 1.89. The molecule has 58 valence electrons. The van der Waals surface area contributed by atoms with Crippen LogP contribution in [-0.4, -0.2) is 26.3 Å². The standard InChI is InChI=1S/C4H9N3O2S/c1-7(4-2-3-5)10(6,8)9/h2,4H2,1H3,(H2,6,8,9). The summed E-state index contributed by atoms with van der Waals surface area (Å²) in [5.74, 6) is 0. The third-order valence-electron chi connectivity index (χ3n) is 0.973.